The van der Waals surface area contributed by atoms with Crippen LogP contribution in [-0.4, -0.2) is 10.5 Å². The Bertz CT molecular complexity index is 878. The smallest absolute Gasteiger partial charge is 0.268 e. The van der Waals surface area contributed by atoms with Gasteiger partial charge in [0.05, 0.1) is 19.4 Å². The molecule has 1 amide bonds. The summed E-state index contributed by atoms with van der Waals surface area (Å²) in [6.07, 6.45) is 1.53. The van der Waals surface area contributed by atoms with Crippen molar-refractivity contribution in [2.75, 3.05) is 0 Å². The molecule has 25 heavy (non-hydrogen) atoms. The summed E-state index contributed by atoms with van der Waals surface area (Å²) in [5, 5.41) is 2.77. The molecule has 1 aromatic carbocycles. The maximum Gasteiger partial charge on any atom is 0.268 e. The molecule has 1 N–H and O–H groups in total. The predicted molar refractivity (Wildman–Crippen MR) is 89.2 cm³/mol. The number of carbonyl (C=O) groups is 1. The van der Waals surface area contributed by atoms with Gasteiger partial charge < -0.3 is 14.3 Å². The van der Waals surface area contributed by atoms with E-state index in [1.54, 1.807) is 30.5 Å². The topological polar surface area (TPSA) is 47.2 Å². The Morgan fingerprint density at radius 2 is 1.88 bits per heavy atom. The van der Waals surface area contributed by atoms with E-state index in [4.69, 9.17) is 4.42 Å². The van der Waals surface area contributed by atoms with Crippen molar-refractivity contribution in [3.8, 4) is 0 Å². The molecule has 0 bridgehead atoms. The average Bonchev–Trinajstić information content (AvgIpc) is 3.17. The van der Waals surface area contributed by atoms with Crippen LogP contribution in [-0.2, 0) is 13.1 Å². The molecule has 0 unspecified atom stereocenters. The molecule has 4 nitrogen and oxygen atoms in total. The maximum atomic E-state index is 14.0. The van der Waals surface area contributed by atoms with E-state index in [9.17, 15) is 13.6 Å². The molecule has 0 fully saturated rings. The van der Waals surface area contributed by atoms with E-state index in [1.807, 2.05) is 6.07 Å². The van der Waals surface area contributed by atoms with Crippen LogP contribution in [0.2, 0.25) is 0 Å². The van der Waals surface area contributed by atoms with Crippen molar-refractivity contribution in [3.05, 3.63) is 82.6 Å². The van der Waals surface area contributed by atoms with Gasteiger partial charge >= 0.3 is 0 Å². The van der Waals surface area contributed by atoms with E-state index in [2.05, 4.69) is 5.32 Å². The Kier molecular flexibility index (Phi) is 4.70. The lowest BCUT2D eigenvalue weighted by molar-refractivity contribution is 0.0938. The lowest BCUT2D eigenvalue weighted by atomic mass is 10.2. The predicted octanol–water partition coefficient (Wildman–Crippen LogP) is 3.95. The number of rotatable bonds is 5. The second-order valence-corrected chi connectivity index (χ2v) is 5.87. The van der Waals surface area contributed by atoms with Crippen molar-refractivity contribution in [1.29, 1.82) is 0 Å². The summed E-state index contributed by atoms with van der Waals surface area (Å²) in [4.78, 5) is 12.6. The van der Waals surface area contributed by atoms with Gasteiger partial charge in [0.1, 0.15) is 23.1 Å². The Morgan fingerprint density at radius 3 is 2.52 bits per heavy atom. The second-order valence-electron chi connectivity index (χ2n) is 5.87. The quantitative estimate of drug-likeness (QED) is 0.762. The molecule has 0 aliphatic heterocycles. The number of aromatic nitrogens is 1. The summed E-state index contributed by atoms with van der Waals surface area (Å²) in [5.41, 5.74) is 1.81. The van der Waals surface area contributed by atoms with E-state index in [0.29, 0.717) is 11.5 Å². The first-order chi connectivity index (χ1) is 12.0. The van der Waals surface area contributed by atoms with E-state index in [-0.39, 0.29) is 24.6 Å². The number of hydrogen-bond acceptors (Lipinski definition) is 2. The number of carbonyl (C=O) groups excluding carboxylic acids is 1. The monoisotopic (exact) mass is 344 g/mol. The maximum absolute atomic E-state index is 14.0. The summed E-state index contributed by atoms with van der Waals surface area (Å²) in [7, 11) is 0. The number of nitrogens with zero attached hydrogens (tertiary/aromatic N) is 1. The summed E-state index contributed by atoms with van der Waals surface area (Å²) >= 11 is 0. The average molecular weight is 344 g/mol. The van der Waals surface area contributed by atoms with Gasteiger partial charge in [0, 0.05) is 11.3 Å². The highest BCUT2D eigenvalue weighted by Gasteiger charge is 2.20. The Balaban J connectivity index is 1.89. The van der Waals surface area contributed by atoms with Crippen molar-refractivity contribution >= 4 is 5.91 Å². The minimum absolute atomic E-state index is 0.0539. The molecule has 3 rings (SSSR count). The minimum atomic E-state index is -0.632. The van der Waals surface area contributed by atoms with Gasteiger partial charge in [-0.1, -0.05) is 6.07 Å². The molecule has 0 aliphatic rings. The van der Waals surface area contributed by atoms with Gasteiger partial charge in [0.15, 0.2) is 0 Å². The number of amides is 1. The molecule has 0 aliphatic carbocycles. The van der Waals surface area contributed by atoms with E-state index in [1.165, 1.54) is 24.5 Å². The molecule has 2 aromatic heterocycles. The third-order valence-electron chi connectivity index (χ3n) is 4.09. The fourth-order valence-electron chi connectivity index (χ4n) is 2.86. The highest BCUT2D eigenvalue weighted by Crippen LogP contribution is 2.20. The number of aryl methyl sites for hydroxylation is 2. The Hall–Kier alpha value is -2.89. The normalized spacial score (nSPS) is 10.9. The van der Waals surface area contributed by atoms with Crippen molar-refractivity contribution in [2.45, 2.75) is 26.9 Å². The molecule has 0 saturated carbocycles. The van der Waals surface area contributed by atoms with Gasteiger partial charge in [0.2, 0.25) is 0 Å². The van der Waals surface area contributed by atoms with Crippen LogP contribution in [0.3, 0.4) is 0 Å². The highest BCUT2D eigenvalue weighted by molar-refractivity contribution is 5.94. The molecule has 0 saturated heterocycles. The van der Waals surface area contributed by atoms with Crippen molar-refractivity contribution < 1.29 is 18.0 Å². The van der Waals surface area contributed by atoms with Gasteiger partial charge in [-0.2, -0.15) is 0 Å². The summed E-state index contributed by atoms with van der Waals surface area (Å²) in [6.45, 7) is 3.78. The zero-order chi connectivity index (χ0) is 18.0. The molecule has 0 spiro atoms. The van der Waals surface area contributed by atoms with Crippen molar-refractivity contribution in [1.82, 2.24) is 9.88 Å². The lowest BCUT2D eigenvalue weighted by Gasteiger charge is -2.13. The molecule has 0 atom stereocenters. The van der Waals surface area contributed by atoms with Crippen molar-refractivity contribution in [3.63, 3.8) is 0 Å². The fraction of sp³-hybridized carbons (Fsp3) is 0.211. The van der Waals surface area contributed by atoms with E-state index < -0.39 is 11.6 Å². The third kappa shape index (κ3) is 3.47. The summed E-state index contributed by atoms with van der Waals surface area (Å²) < 4.78 is 34.8. The summed E-state index contributed by atoms with van der Waals surface area (Å²) in [6, 6.07) is 9.05. The first kappa shape index (κ1) is 17.0. The van der Waals surface area contributed by atoms with Gasteiger partial charge in [-0.15, -0.1) is 0 Å². The zero-order valence-corrected chi connectivity index (χ0v) is 14.0. The molecule has 130 valence electrons. The van der Waals surface area contributed by atoms with Gasteiger partial charge in [-0.05, 0) is 49.7 Å². The van der Waals surface area contributed by atoms with E-state index >= 15 is 0 Å². The number of hydrogen-bond donors (Lipinski definition) is 1. The Morgan fingerprint density at radius 1 is 1.16 bits per heavy atom. The zero-order valence-electron chi connectivity index (χ0n) is 14.0. The van der Waals surface area contributed by atoms with Crippen LogP contribution in [0.4, 0.5) is 8.78 Å². The van der Waals surface area contributed by atoms with Crippen LogP contribution in [0.5, 0.6) is 0 Å². The third-order valence-corrected chi connectivity index (χ3v) is 4.09. The van der Waals surface area contributed by atoms with Gasteiger partial charge in [-0.3, -0.25) is 4.79 Å². The number of nitrogens with one attached hydrogen (secondary N) is 1. The molecule has 0 radical (unpaired) electrons. The largest absolute Gasteiger partial charge is 0.467 e. The van der Waals surface area contributed by atoms with Crippen molar-refractivity contribution in [2.24, 2.45) is 0 Å². The molecule has 2 heterocycles. The van der Waals surface area contributed by atoms with E-state index in [0.717, 1.165) is 11.3 Å². The van der Waals surface area contributed by atoms with Crippen LogP contribution in [0.1, 0.15) is 33.1 Å². The molecular formula is C19H18F2N2O2. The Labute approximate surface area is 144 Å². The summed E-state index contributed by atoms with van der Waals surface area (Å²) in [5.74, 6) is -0.958. The molecule has 3 aromatic rings. The standard InChI is InChI=1S/C19H18F2N2O2/c1-12-9-13(2)23(11-15-16(20)6-3-7-17(15)21)18(12)19(24)22-10-14-5-4-8-25-14/h3-9H,10-11H2,1-2H3,(H,22,24). The van der Waals surface area contributed by atoms with Crippen LogP contribution < -0.4 is 5.32 Å². The molecule has 6 heteroatoms. The number of furan rings is 1. The second kappa shape index (κ2) is 6.93. The fourth-order valence-corrected chi connectivity index (χ4v) is 2.86. The van der Waals surface area contributed by atoms with Crippen LogP contribution in [0.25, 0.3) is 0 Å². The number of benzene rings is 1. The first-order valence-electron chi connectivity index (χ1n) is 7.87. The minimum Gasteiger partial charge on any atom is -0.467 e. The lowest BCUT2D eigenvalue weighted by Crippen LogP contribution is -2.26. The SMILES string of the molecule is Cc1cc(C)n(Cc2c(F)cccc2F)c1C(=O)NCc1ccco1. The number of halogens is 2. The van der Waals surface area contributed by atoms with Crippen LogP contribution >= 0.6 is 0 Å². The van der Waals surface area contributed by atoms with Crippen LogP contribution in [0, 0.1) is 25.5 Å². The highest BCUT2D eigenvalue weighted by atomic mass is 19.1. The van der Waals surface area contributed by atoms with Gasteiger partial charge in [0.25, 0.3) is 5.91 Å². The van der Waals surface area contributed by atoms with Crippen LogP contribution in [0.15, 0.2) is 47.1 Å². The first-order valence-corrected chi connectivity index (χ1v) is 7.87. The molecular weight excluding hydrogens is 326 g/mol. The van der Waals surface area contributed by atoms with Gasteiger partial charge in [-0.25, -0.2) is 8.78 Å².